The second kappa shape index (κ2) is 12.3. The molecule has 0 bridgehead atoms. The number of imide groups is 1. The molecule has 1 aliphatic rings. The first-order chi connectivity index (χ1) is 22.1. The van der Waals surface area contributed by atoms with Gasteiger partial charge in [0.1, 0.15) is 0 Å². The van der Waals surface area contributed by atoms with E-state index in [0.717, 1.165) is 19.1 Å². The van der Waals surface area contributed by atoms with E-state index in [9.17, 15) is 63.1 Å². The van der Waals surface area contributed by atoms with Gasteiger partial charge in [-0.15, -0.1) is 0 Å². The molecule has 4 aromatic rings. The Hall–Kier alpha value is -5.08. The van der Waals surface area contributed by atoms with Gasteiger partial charge < -0.3 is 0 Å². The van der Waals surface area contributed by atoms with Gasteiger partial charge in [-0.1, -0.05) is 18.2 Å². The van der Waals surface area contributed by atoms with E-state index < -0.39 is 118 Å². The summed E-state index contributed by atoms with van der Waals surface area (Å²) in [7, 11) is 0. The minimum absolute atomic E-state index is 0.00253. The molecule has 0 saturated heterocycles. The van der Waals surface area contributed by atoms with Crippen molar-refractivity contribution in [3.05, 3.63) is 116 Å². The van der Waals surface area contributed by atoms with Crippen LogP contribution in [0.5, 0.6) is 0 Å². The fourth-order valence-electron chi connectivity index (χ4n) is 5.53. The zero-order chi connectivity index (χ0) is 34.6. The first-order valence-corrected chi connectivity index (χ1v) is 13.6. The van der Waals surface area contributed by atoms with E-state index in [2.05, 4.69) is 0 Å². The molecule has 5 nitrogen and oxygen atoms in total. The topological polar surface area (TPSA) is 71.5 Å². The van der Waals surface area contributed by atoms with Crippen LogP contribution in [0.3, 0.4) is 0 Å². The third-order valence-electron chi connectivity index (χ3n) is 7.81. The van der Waals surface area contributed by atoms with E-state index in [1.165, 1.54) is 12.1 Å². The van der Waals surface area contributed by atoms with Crippen LogP contribution in [-0.4, -0.2) is 34.8 Å². The Kier molecular flexibility index (Phi) is 8.69. The summed E-state index contributed by atoms with van der Waals surface area (Å²) in [5, 5.41) is 0.0207. The van der Waals surface area contributed by atoms with Gasteiger partial charge >= 0.3 is 0 Å². The molecule has 0 fully saturated rings. The van der Waals surface area contributed by atoms with E-state index in [0.29, 0.717) is 4.90 Å². The number of rotatable bonds is 9. The van der Waals surface area contributed by atoms with Crippen molar-refractivity contribution in [1.29, 1.82) is 0 Å². The summed E-state index contributed by atoms with van der Waals surface area (Å²) in [6.45, 7) is 0.294. The minimum atomic E-state index is -2.38. The molecule has 0 aromatic heterocycles. The normalized spacial score (nSPS) is 12.8. The summed E-state index contributed by atoms with van der Waals surface area (Å²) in [6, 6.07) is 4.74. The highest BCUT2D eigenvalue weighted by atomic mass is 19.2. The van der Waals surface area contributed by atoms with E-state index in [1.807, 2.05) is 0 Å². The molecule has 15 heteroatoms. The molecule has 47 heavy (non-hydrogen) atoms. The summed E-state index contributed by atoms with van der Waals surface area (Å²) in [5.74, 6) is -25.2. The lowest BCUT2D eigenvalue weighted by Gasteiger charge is -2.15. The summed E-state index contributed by atoms with van der Waals surface area (Å²) in [4.78, 5) is 52.7. The van der Waals surface area contributed by atoms with Crippen LogP contribution < -0.4 is 0 Å². The van der Waals surface area contributed by atoms with Gasteiger partial charge in [-0.3, -0.25) is 24.1 Å². The molecular formula is C32H17F10NO4. The maximum Gasteiger partial charge on any atom is 0.262 e. The Morgan fingerprint density at radius 2 is 1.06 bits per heavy atom. The van der Waals surface area contributed by atoms with E-state index in [1.54, 1.807) is 0 Å². The first-order valence-electron chi connectivity index (χ1n) is 13.6. The minimum Gasteiger partial charge on any atom is -0.294 e. The van der Waals surface area contributed by atoms with E-state index in [-0.39, 0.29) is 39.4 Å². The zero-order valence-electron chi connectivity index (χ0n) is 23.7. The number of benzene rings is 4. The molecule has 0 aliphatic carbocycles. The van der Waals surface area contributed by atoms with Crippen LogP contribution >= 0.6 is 0 Å². The number of ketones is 2. The molecule has 0 N–H and O–H groups in total. The van der Waals surface area contributed by atoms with Crippen LogP contribution in [0.25, 0.3) is 10.8 Å². The maximum atomic E-state index is 14.2. The summed E-state index contributed by atoms with van der Waals surface area (Å²) in [5.41, 5.74) is -3.27. The van der Waals surface area contributed by atoms with Crippen LogP contribution in [-0.2, 0) is 12.8 Å². The number of fused-ring (bicyclic) bond motifs is 3. The average molecular weight is 669 g/mol. The van der Waals surface area contributed by atoms with Gasteiger partial charge in [0.25, 0.3) is 11.8 Å². The highest BCUT2D eigenvalue weighted by molar-refractivity contribution is 6.28. The number of carbonyl (C=O) groups excluding carboxylic acids is 4. The number of Topliss-reactive ketones (excluding diaryl/α,β-unsaturated/α-hetero) is 2. The van der Waals surface area contributed by atoms with Crippen molar-refractivity contribution in [1.82, 2.24) is 4.90 Å². The molecule has 244 valence electrons. The molecule has 0 unspecified atom stereocenters. The third-order valence-corrected chi connectivity index (χ3v) is 7.81. The Labute approximate surface area is 257 Å². The number of hydrogen-bond donors (Lipinski definition) is 0. The van der Waals surface area contributed by atoms with Crippen molar-refractivity contribution >= 4 is 34.2 Å². The summed E-state index contributed by atoms with van der Waals surface area (Å²) < 4.78 is 137. The Morgan fingerprint density at radius 3 is 1.57 bits per heavy atom. The fourth-order valence-corrected chi connectivity index (χ4v) is 5.53. The number of amides is 2. The first kappa shape index (κ1) is 33.3. The Morgan fingerprint density at radius 1 is 0.596 bits per heavy atom. The SMILES string of the molecule is CC(=O)c1c(C(=O)CCCc2c(F)c(F)c(F)c(F)c2F)ccc2c3c(ccc12)C(=O)N(CCc1c(F)c(F)c(F)c(F)c1F)C3=O. The lowest BCUT2D eigenvalue weighted by molar-refractivity contribution is 0.0655. The number of hydrogen-bond acceptors (Lipinski definition) is 4. The molecule has 1 aliphatic heterocycles. The molecule has 0 radical (unpaired) electrons. The number of halogens is 10. The molecule has 0 atom stereocenters. The molecule has 4 aromatic carbocycles. The van der Waals surface area contributed by atoms with Gasteiger partial charge in [0.05, 0.1) is 11.1 Å². The zero-order valence-corrected chi connectivity index (χ0v) is 23.7. The molecular weight excluding hydrogens is 652 g/mol. The van der Waals surface area contributed by atoms with Gasteiger partial charge in [-0.25, -0.2) is 43.9 Å². The molecule has 2 amide bonds. The lowest BCUT2D eigenvalue weighted by Crippen LogP contribution is -2.32. The molecule has 1 heterocycles. The van der Waals surface area contributed by atoms with Gasteiger partial charge in [-0.05, 0) is 43.0 Å². The second-order valence-corrected chi connectivity index (χ2v) is 10.5. The van der Waals surface area contributed by atoms with Crippen LogP contribution in [0.4, 0.5) is 43.9 Å². The van der Waals surface area contributed by atoms with Gasteiger partial charge in [0.2, 0.25) is 11.6 Å². The van der Waals surface area contributed by atoms with Crippen molar-refractivity contribution in [2.75, 3.05) is 6.54 Å². The highest BCUT2D eigenvalue weighted by Gasteiger charge is 2.38. The molecule has 5 rings (SSSR count). The lowest BCUT2D eigenvalue weighted by atomic mass is 9.89. The summed E-state index contributed by atoms with van der Waals surface area (Å²) >= 11 is 0. The monoisotopic (exact) mass is 669 g/mol. The van der Waals surface area contributed by atoms with Gasteiger partial charge in [-0.2, -0.15) is 0 Å². The van der Waals surface area contributed by atoms with Crippen molar-refractivity contribution in [2.24, 2.45) is 0 Å². The second-order valence-electron chi connectivity index (χ2n) is 10.5. The average Bonchev–Trinajstić information content (AvgIpc) is 3.30. The van der Waals surface area contributed by atoms with Crippen LogP contribution in [0.1, 0.15) is 72.3 Å². The van der Waals surface area contributed by atoms with E-state index in [4.69, 9.17) is 0 Å². The largest absolute Gasteiger partial charge is 0.294 e. The quantitative estimate of drug-likeness (QED) is 0.0610. The number of nitrogens with zero attached hydrogens (tertiary/aromatic N) is 1. The third kappa shape index (κ3) is 5.32. The summed E-state index contributed by atoms with van der Waals surface area (Å²) in [6.07, 6.45) is -2.54. The van der Waals surface area contributed by atoms with Crippen molar-refractivity contribution in [2.45, 2.75) is 32.6 Å². The number of carbonyl (C=O) groups is 4. The molecule has 0 saturated carbocycles. The smallest absolute Gasteiger partial charge is 0.262 e. The van der Waals surface area contributed by atoms with Crippen molar-refractivity contribution in [3.63, 3.8) is 0 Å². The van der Waals surface area contributed by atoms with Gasteiger partial charge in [0.15, 0.2) is 58.1 Å². The Bertz CT molecular complexity index is 2020. The predicted molar refractivity (Wildman–Crippen MR) is 143 cm³/mol. The fraction of sp³-hybridized carbons (Fsp3) is 0.188. The van der Waals surface area contributed by atoms with Crippen LogP contribution in [0.15, 0.2) is 24.3 Å². The van der Waals surface area contributed by atoms with Gasteiger partial charge in [0, 0.05) is 35.2 Å². The highest BCUT2D eigenvalue weighted by Crippen LogP contribution is 2.35. The van der Waals surface area contributed by atoms with E-state index >= 15 is 0 Å². The van der Waals surface area contributed by atoms with Crippen LogP contribution in [0, 0.1) is 58.2 Å². The predicted octanol–water partition coefficient (Wildman–Crippen LogP) is 7.48. The van der Waals surface area contributed by atoms with Crippen molar-refractivity contribution in [3.8, 4) is 0 Å². The van der Waals surface area contributed by atoms with Crippen LogP contribution in [0.2, 0.25) is 0 Å². The standard InChI is InChI=1S/C32H17F10NO4/c1-11(44)19-12-6-8-15-20(32(47)43(31(15)46)10-9-17-23(35)27(39)30(42)28(40)24(17)36)13(12)5-7-14(19)18(45)4-2-3-16-21(33)25(37)29(41)26(38)22(16)34/h5-8H,2-4,9-10H2,1H3. The Balaban J connectivity index is 1.42. The molecule has 0 spiro atoms. The van der Waals surface area contributed by atoms with Crippen molar-refractivity contribution < 1.29 is 63.1 Å². The maximum absolute atomic E-state index is 14.2.